The number of nitrogens with zero attached hydrogens (tertiary/aromatic N) is 3. The third-order valence-corrected chi connectivity index (χ3v) is 6.74. The number of guanidine groups is 1. The van der Waals surface area contributed by atoms with E-state index in [-0.39, 0.29) is 5.54 Å². The summed E-state index contributed by atoms with van der Waals surface area (Å²) in [4.78, 5) is 9.82. The summed E-state index contributed by atoms with van der Waals surface area (Å²) < 4.78 is 5.61. The summed E-state index contributed by atoms with van der Waals surface area (Å²) in [5, 5.41) is 7.40. The lowest BCUT2D eigenvalue weighted by molar-refractivity contribution is -0.0353. The van der Waals surface area contributed by atoms with Gasteiger partial charge in [-0.05, 0) is 38.6 Å². The van der Waals surface area contributed by atoms with E-state index >= 15 is 0 Å². The average Bonchev–Trinajstić information content (AvgIpc) is 2.74. The number of piperidine rings is 1. The van der Waals surface area contributed by atoms with Gasteiger partial charge in [-0.1, -0.05) is 26.2 Å². The molecular formula is C21H41N5O. The van der Waals surface area contributed by atoms with E-state index in [9.17, 15) is 0 Å². The molecule has 2 saturated heterocycles. The van der Waals surface area contributed by atoms with Crippen LogP contribution in [0.5, 0.6) is 0 Å². The minimum absolute atomic E-state index is 0.282. The number of ether oxygens (including phenoxy) is 1. The maximum absolute atomic E-state index is 5.61. The van der Waals surface area contributed by atoms with Gasteiger partial charge in [-0.25, -0.2) is 0 Å². The van der Waals surface area contributed by atoms with E-state index in [1.807, 2.05) is 7.05 Å². The van der Waals surface area contributed by atoms with Gasteiger partial charge in [-0.15, -0.1) is 0 Å². The summed E-state index contributed by atoms with van der Waals surface area (Å²) in [6.07, 6.45) is 10.4. The fraction of sp³-hybridized carbons (Fsp3) is 0.952. The highest BCUT2D eigenvalue weighted by molar-refractivity contribution is 5.80. The standard InChI is InChI=1S/C21H41N5O/c1-3-11-25-12-7-19(8-13-25)24-20(22-2)23-18-21(9-5-4-6-10-21)26-14-16-27-17-15-26/h19H,3-18H2,1-2H3,(H2,22,23,24). The van der Waals surface area contributed by atoms with E-state index in [2.05, 4.69) is 32.3 Å². The molecule has 2 aliphatic heterocycles. The smallest absolute Gasteiger partial charge is 0.191 e. The van der Waals surface area contributed by atoms with Crippen LogP contribution in [0.1, 0.15) is 58.3 Å². The van der Waals surface area contributed by atoms with Gasteiger partial charge in [0.05, 0.1) is 13.2 Å². The molecule has 2 heterocycles. The van der Waals surface area contributed by atoms with Crippen molar-refractivity contribution in [1.29, 1.82) is 0 Å². The first-order chi connectivity index (χ1) is 13.3. The molecule has 0 aromatic carbocycles. The Morgan fingerprint density at radius 2 is 1.78 bits per heavy atom. The predicted octanol–water partition coefficient (Wildman–Crippen LogP) is 2.06. The van der Waals surface area contributed by atoms with Crippen LogP contribution in [0, 0.1) is 0 Å². The molecule has 3 aliphatic rings. The molecule has 0 aromatic rings. The second-order valence-corrected chi connectivity index (χ2v) is 8.57. The van der Waals surface area contributed by atoms with Crippen molar-refractivity contribution < 1.29 is 4.74 Å². The van der Waals surface area contributed by atoms with Gasteiger partial charge in [0.2, 0.25) is 0 Å². The topological polar surface area (TPSA) is 52.1 Å². The fourth-order valence-electron chi connectivity index (χ4n) is 5.11. The Kier molecular flexibility index (Phi) is 8.22. The van der Waals surface area contributed by atoms with E-state index < -0.39 is 0 Å². The van der Waals surface area contributed by atoms with Crippen LogP contribution in [0.25, 0.3) is 0 Å². The molecule has 0 atom stereocenters. The third kappa shape index (κ3) is 5.81. The minimum atomic E-state index is 0.282. The summed E-state index contributed by atoms with van der Waals surface area (Å²) >= 11 is 0. The Bertz CT molecular complexity index is 449. The highest BCUT2D eigenvalue weighted by atomic mass is 16.5. The Morgan fingerprint density at radius 3 is 2.41 bits per heavy atom. The number of rotatable bonds is 6. The maximum Gasteiger partial charge on any atom is 0.191 e. The first-order valence-electron chi connectivity index (χ1n) is 11.3. The van der Waals surface area contributed by atoms with Crippen molar-refractivity contribution in [3.05, 3.63) is 0 Å². The van der Waals surface area contributed by atoms with E-state index in [4.69, 9.17) is 4.74 Å². The molecule has 1 saturated carbocycles. The Balaban J connectivity index is 1.51. The molecule has 0 unspecified atom stereocenters. The minimum Gasteiger partial charge on any atom is -0.379 e. The van der Waals surface area contributed by atoms with Gasteiger partial charge in [0.1, 0.15) is 0 Å². The van der Waals surface area contributed by atoms with Crippen LogP contribution < -0.4 is 10.6 Å². The van der Waals surface area contributed by atoms with Crippen molar-refractivity contribution in [3.8, 4) is 0 Å². The van der Waals surface area contributed by atoms with Gasteiger partial charge < -0.3 is 20.3 Å². The Labute approximate surface area is 166 Å². The SMILES string of the molecule is CCCN1CCC(NC(=NC)NCC2(N3CCOCC3)CCCCC2)CC1. The van der Waals surface area contributed by atoms with E-state index in [1.165, 1.54) is 71.0 Å². The summed E-state index contributed by atoms with van der Waals surface area (Å²) in [5.74, 6) is 0.988. The Morgan fingerprint density at radius 1 is 1.07 bits per heavy atom. The first-order valence-corrected chi connectivity index (χ1v) is 11.3. The highest BCUT2D eigenvalue weighted by Gasteiger charge is 2.38. The molecule has 0 bridgehead atoms. The normalized spacial score (nSPS) is 26.1. The van der Waals surface area contributed by atoms with Crippen LogP contribution in [0.3, 0.4) is 0 Å². The van der Waals surface area contributed by atoms with Crippen molar-refractivity contribution in [3.63, 3.8) is 0 Å². The molecular weight excluding hydrogens is 338 g/mol. The van der Waals surface area contributed by atoms with Crippen molar-refractivity contribution >= 4 is 5.96 Å². The lowest BCUT2D eigenvalue weighted by atomic mass is 9.80. The third-order valence-electron chi connectivity index (χ3n) is 6.74. The van der Waals surface area contributed by atoms with Crippen LogP contribution in [-0.2, 0) is 4.74 Å². The van der Waals surface area contributed by atoms with Crippen LogP contribution in [0.4, 0.5) is 0 Å². The maximum atomic E-state index is 5.61. The lowest BCUT2D eigenvalue weighted by Crippen LogP contribution is -2.61. The Hall–Kier alpha value is -0.850. The van der Waals surface area contributed by atoms with Gasteiger partial charge in [-0.3, -0.25) is 9.89 Å². The van der Waals surface area contributed by atoms with Gasteiger partial charge in [0.15, 0.2) is 5.96 Å². The van der Waals surface area contributed by atoms with Gasteiger partial charge in [-0.2, -0.15) is 0 Å². The van der Waals surface area contributed by atoms with Gasteiger partial charge in [0, 0.05) is 51.4 Å². The number of likely N-dealkylation sites (tertiary alicyclic amines) is 1. The number of morpholine rings is 1. The van der Waals surface area contributed by atoms with Crippen molar-refractivity contribution in [1.82, 2.24) is 20.4 Å². The summed E-state index contributed by atoms with van der Waals surface area (Å²) in [6, 6.07) is 0.551. The second kappa shape index (κ2) is 10.6. The highest BCUT2D eigenvalue weighted by Crippen LogP contribution is 2.33. The van der Waals surface area contributed by atoms with Crippen LogP contribution in [0.2, 0.25) is 0 Å². The second-order valence-electron chi connectivity index (χ2n) is 8.57. The molecule has 0 radical (unpaired) electrons. The summed E-state index contributed by atoms with van der Waals surface area (Å²) in [5.41, 5.74) is 0.282. The molecule has 6 heteroatoms. The monoisotopic (exact) mass is 379 g/mol. The zero-order chi connectivity index (χ0) is 19.0. The van der Waals surface area contributed by atoms with E-state index in [1.54, 1.807) is 0 Å². The molecule has 6 nitrogen and oxygen atoms in total. The largest absolute Gasteiger partial charge is 0.379 e. The zero-order valence-electron chi connectivity index (χ0n) is 17.6. The summed E-state index contributed by atoms with van der Waals surface area (Å²) in [7, 11) is 1.91. The molecule has 3 rings (SSSR count). The number of aliphatic imine (C=N–C) groups is 1. The number of hydrogen-bond donors (Lipinski definition) is 2. The molecule has 2 N–H and O–H groups in total. The van der Waals surface area contributed by atoms with Gasteiger partial charge >= 0.3 is 0 Å². The van der Waals surface area contributed by atoms with Crippen molar-refractivity contribution in [2.45, 2.75) is 69.9 Å². The molecule has 0 amide bonds. The molecule has 3 fully saturated rings. The summed E-state index contributed by atoms with van der Waals surface area (Å²) in [6.45, 7) is 10.8. The number of nitrogens with one attached hydrogen (secondary N) is 2. The molecule has 156 valence electrons. The molecule has 0 aromatic heterocycles. The molecule has 1 aliphatic carbocycles. The average molecular weight is 380 g/mol. The quantitative estimate of drug-likeness (QED) is 0.547. The lowest BCUT2D eigenvalue weighted by Gasteiger charge is -2.48. The number of hydrogen-bond acceptors (Lipinski definition) is 4. The van der Waals surface area contributed by atoms with E-state index in [0.717, 1.165) is 38.8 Å². The first kappa shape index (κ1) is 20.9. The molecule has 27 heavy (non-hydrogen) atoms. The van der Waals surface area contributed by atoms with Gasteiger partial charge in [0.25, 0.3) is 0 Å². The molecule has 0 spiro atoms. The predicted molar refractivity (Wildman–Crippen MR) is 112 cm³/mol. The fourth-order valence-corrected chi connectivity index (χ4v) is 5.11. The van der Waals surface area contributed by atoms with Crippen LogP contribution in [-0.4, -0.2) is 86.9 Å². The van der Waals surface area contributed by atoms with Crippen molar-refractivity contribution in [2.24, 2.45) is 4.99 Å². The van der Waals surface area contributed by atoms with Crippen LogP contribution in [0.15, 0.2) is 4.99 Å². The van der Waals surface area contributed by atoms with E-state index in [0.29, 0.717) is 6.04 Å². The zero-order valence-corrected chi connectivity index (χ0v) is 17.6. The van der Waals surface area contributed by atoms with Crippen LogP contribution >= 0.6 is 0 Å². The van der Waals surface area contributed by atoms with Crippen molar-refractivity contribution in [2.75, 3.05) is 59.5 Å².